The third-order valence-corrected chi connectivity index (χ3v) is 3.69. The van der Waals surface area contributed by atoms with Crippen LogP contribution in [0.5, 0.6) is 5.75 Å². The molecular weight excluding hydrogens is 383 g/mol. The lowest BCUT2D eigenvalue weighted by Gasteiger charge is -2.28. The van der Waals surface area contributed by atoms with Gasteiger partial charge in [-0.1, -0.05) is 12.1 Å². The van der Waals surface area contributed by atoms with Crippen molar-refractivity contribution < 1.29 is 32.3 Å². The van der Waals surface area contributed by atoms with E-state index in [9.17, 15) is 27.6 Å². The first-order chi connectivity index (χ1) is 13.2. The predicted octanol–water partition coefficient (Wildman–Crippen LogP) is 0.475. The number of benzene rings is 1. The summed E-state index contributed by atoms with van der Waals surface area (Å²) in [6.45, 7) is -1.13. The predicted molar refractivity (Wildman–Crippen MR) is 87.8 cm³/mol. The van der Waals surface area contributed by atoms with Crippen molar-refractivity contribution in [2.24, 2.45) is 0 Å². The number of halogens is 3. The number of hydrogen-bond donors (Lipinski definition) is 2. The minimum absolute atomic E-state index is 0.225. The number of anilines is 1. The van der Waals surface area contributed by atoms with E-state index in [-0.39, 0.29) is 13.2 Å². The number of hydrazine groups is 1. The monoisotopic (exact) mass is 397 g/mol. The molecule has 3 amide bonds. The second-order valence-corrected chi connectivity index (χ2v) is 5.73. The van der Waals surface area contributed by atoms with Crippen molar-refractivity contribution in [3.05, 3.63) is 42.2 Å². The molecule has 2 N–H and O–H groups in total. The Morgan fingerprint density at radius 1 is 1.11 bits per heavy atom. The van der Waals surface area contributed by atoms with Crippen LogP contribution in [0.4, 0.5) is 18.9 Å². The number of aromatic nitrogens is 2. The van der Waals surface area contributed by atoms with Crippen LogP contribution in [0, 0.1) is 0 Å². The number of ether oxygens (including phenoxy) is 1. The summed E-state index contributed by atoms with van der Waals surface area (Å²) < 4.78 is 43.5. The molecule has 0 saturated carbocycles. The van der Waals surface area contributed by atoms with Crippen molar-refractivity contribution in [3.8, 4) is 5.75 Å². The van der Waals surface area contributed by atoms with Gasteiger partial charge in [-0.25, -0.2) is 0 Å². The highest BCUT2D eigenvalue weighted by Crippen LogP contribution is 2.31. The lowest BCUT2D eigenvalue weighted by Crippen LogP contribution is -2.50. The first-order valence-corrected chi connectivity index (χ1v) is 7.94. The molecule has 0 aliphatic carbocycles. The molecular formula is C16H14F3N5O4. The van der Waals surface area contributed by atoms with E-state index in [1.54, 1.807) is 24.3 Å². The van der Waals surface area contributed by atoms with E-state index in [4.69, 9.17) is 4.74 Å². The molecule has 3 rings (SSSR count). The fourth-order valence-electron chi connectivity index (χ4n) is 2.44. The van der Waals surface area contributed by atoms with Crippen LogP contribution in [0.2, 0.25) is 0 Å². The van der Waals surface area contributed by atoms with E-state index in [0.29, 0.717) is 11.4 Å². The second-order valence-electron chi connectivity index (χ2n) is 5.73. The molecule has 2 heterocycles. The quantitative estimate of drug-likeness (QED) is 0.730. The van der Waals surface area contributed by atoms with Crippen LogP contribution in [-0.4, -0.2) is 40.7 Å². The lowest BCUT2D eigenvalue weighted by atomic mass is 10.2. The first-order valence-electron chi connectivity index (χ1n) is 7.94. The smallest absolute Gasteiger partial charge is 0.435 e. The molecule has 0 fully saturated rings. The molecule has 2 aromatic rings. The van der Waals surface area contributed by atoms with Crippen LogP contribution in [0.15, 0.2) is 36.5 Å². The molecule has 9 nitrogen and oxygen atoms in total. The zero-order valence-corrected chi connectivity index (χ0v) is 14.2. The maximum atomic E-state index is 12.5. The number of alkyl halides is 3. The summed E-state index contributed by atoms with van der Waals surface area (Å²) in [4.78, 5) is 37.0. The third-order valence-electron chi connectivity index (χ3n) is 3.69. The van der Waals surface area contributed by atoms with Crippen LogP contribution in [0.1, 0.15) is 5.69 Å². The SMILES string of the molecule is O=C(CN1C(=O)COc2ccccc21)NNC(=O)Cn1ccc(C(F)(F)F)n1. The van der Waals surface area contributed by atoms with E-state index < -0.39 is 36.1 Å². The summed E-state index contributed by atoms with van der Waals surface area (Å²) in [6.07, 6.45) is -3.62. The van der Waals surface area contributed by atoms with Gasteiger partial charge in [-0.05, 0) is 18.2 Å². The van der Waals surface area contributed by atoms with Gasteiger partial charge < -0.3 is 4.74 Å². The molecule has 0 unspecified atom stereocenters. The Balaban J connectivity index is 1.52. The van der Waals surface area contributed by atoms with Gasteiger partial charge in [0.05, 0.1) is 5.69 Å². The summed E-state index contributed by atoms with van der Waals surface area (Å²) in [5.41, 5.74) is 3.44. The highest BCUT2D eigenvalue weighted by molar-refractivity contribution is 6.02. The first kappa shape index (κ1) is 19.2. The van der Waals surface area contributed by atoms with E-state index in [1.165, 1.54) is 4.90 Å². The minimum Gasteiger partial charge on any atom is -0.482 e. The van der Waals surface area contributed by atoms with Gasteiger partial charge in [0.1, 0.15) is 18.8 Å². The normalized spacial score (nSPS) is 13.5. The fraction of sp³-hybridized carbons (Fsp3) is 0.250. The minimum atomic E-state index is -4.61. The topological polar surface area (TPSA) is 106 Å². The van der Waals surface area contributed by atoms with Crippen molar-refractivity contribution in [2.75, 3.05) is 18.1 Å². The summed E-state index contributed by atoms with van der Waals surface area (Å²) in [5, 5.41) is 3.23. The Kier molecular flexibility index (Phi) is 5.20. The molecule has 0 spiro atoms. The number of nitrogens with zero attached hydrogens (tertiary/aromatic N) is 3. The maximum Gasteiger partial charge on any atom is 0.435 e. The third kappa shape index (κ3) is 4.39. The van der Waals surface area contributed by atoms with Gasteiger partial charge in [-0.2, -0.15) is 18.3 Å². The number of nitrogens with one attached hydrogen (secondary N) is 2. The number of fused-ring (bicyclic) bond motifs is 1. The fourth-order valence-corrected chi connectivity index (χ4v) is 2.44. The largest absolute Gasteiger partial charge is 0.482 e. The Morgan fingerprint density at radius 2 is 1.79 bits per heavy atom. The molecule has 0 radical (unpaired) electrons. The van der Waals surface area contributed by atoms with E-state index in [1.807, 2.05) is 0 Å². The van der Waals surface area contributed by atoms with Gasteiger partial charge in [0.15, 0.2) is 12.3 Å². The zero-order valence-electron chi connectivity index (χ0n) is 14.2. The van der Waals surface area contributed by atoms with Crippen LogP contribution in [0.3, 0.4) is 0 Å². The van der Waals surface area contributed by atoms with Crippen LogP contribution in [-0.2, 0) is 27.1 Å². The molecule has 0 saturated heterocycles. The molecule has 1 aromatic carbocycles. The highest BCUT2D eigenvalue weighted by atomic mass is 19.4. The Labute approximate surface area is 156 Å². The van der Waals surface area contributed by atoms with Gasteiger partial charge in [0.2, 0.25) is 0 Å². The van der Waals surface area contributed by atoms with Crippen molar-refractivity contribution in [1.82, 2.24) is 20.6 Å². The summed E-state index contributed by atoms with van der Waals surface area (Å²) >= 11 is 0. The second kappa shape index (κ2) is 7.58. The van der Waals surface area contributed by atoms with E-state index in [0.717, 1.165) is 16.9 Å². The molecule has 148 valence electrons. The average Bonchev–Trinajstić information content (AvgIpc) is 3.11. The summed E-state index contributed by atoms with van der Waals surface area (Å²) in [7, 11) is 0. The van der Waals surface area contributed by atoms with Crippen LogP contribution in [0.25, 0.3) is 0 Å². The van der Waals surface area contributed by atoms with Gasteiger partial charge >= 0.3 is 6.18 Å². The molecule has 12 heteroatoms. The van der Waals surface area contributed by atoms with Crippen LogP contribution >= 0.6 is 0 Å². The number of carbonyl (C=O) groups is 3. The molecule has 1 aliphatic heterocycles. The summed E-state index contributed by atoms with van der Waals surface area (Å²) in [5.74, 6) is -1.48. The Hall–Kier alpha value is -3.57. The standard InChI is InChI=1S/C16H14F3N5O4/c17-16(18,19)12-5-6-23(22-12)7-13(25)20-21-14(26)8-24-10-3-1-2-4-11(10)28-9-15(24)27/h1-6H,7-9H2,(H,20,25)(H,21,26). The van der Waals surface area contributed by atoms with Gasteiger partial charge in [-0.15, -0.1) is 0 Å². The average molecular weight is 397 g/mol. The van der Waals surface area contributed by atoms with E-state index >= 15 is 0 Å². The molecule has 1 aromatic heterocycles. The number of para-hydroxylation sites is 2. The number of rotatable bonds is 4. The number of hydrogen-bond acceptors (Lipinski definition) is 5. The Morgan fingerprint density at radius 3 is 2.46 bits per heavy atom. The van der Waals surface area contributed by atoms with Crippen molar-refractivity contribution in [3.63, 3.8) is 0 Å². The number of carbonyl (C=O) groups excluding carboxylic acids is 3. The van der Waals surface area contributed by atoms with Crippen LogP contribution < -0.4 is 20.5 Å². The highest BCUT2D eigenvalue weighted by Gasteiger charge is 2.33. The molecule has 1 aliphatic rings. The van der Waals surface area contributed by atoms with Gasteiger partial charge in [0.25, 0.3) is 17.7 Å². The number of amides is 3. The maximum absolute atomic E-state index is 12.5. The molecule has 0 bridgehead atoms. The molecule has 28 heavy (non-hydrogen) atoms. The van der Waals surface area contributed by atoms with Crippen molar-refractivity contribution >= 4 is 23.4 Å². The van der Waals surface area contributed by atoms with Gasteiger partial charge in [-0.3, -0.25) is 34.8 Å². The summed E-state index contributed by atoms with van der Waals surface area (Å²) in [6, 6.07) is 7.37. The van der Waals surface area contributed by atoms with Crippen molar-refractivity contribution in [1.29, 1.82) is 0 Å². The van der Waals surface area contributed by atoms with Crippen molar-refractivity contribution in [2.45, 2.75) is 12.7 Å². The van der Waals surface area contributed by atoms with E-state index in [2.05, 4.69) is 16.0 Å². The lowest BCUT2D eigenvalue weighted by molar-refractivity contribution is -0.141. The van der Waals surface area contributed by atoms with Gasteiger partial charge in [0, 0.05) is 6.20 Å². The molecule has 0 atom stereocenters. The Bertz CT molecular complexity index is 912. The zero-order chi connectivity index (χ0) is 20.3.